The molecule has 3 rings (SSSR count). The molecule has 3 aromatic rings. The Morgan fingerprint density at radius 1 is 1.08 bits per heavy atom. The molecule has 1 N–H and O–H groups in total. The van der Waals surface area contributed by atoms with Gasteiger partial charge >= 0.3 is 0 Å². The maximum absolute atomic E-state index is 12.5. The van der Waals surface area contributed by atoms with Gasteiger partial charge in [-0.1, -0.05) is 47.7 Å². The number of hydrogen-bond acceptors (Lipinski definition) is 3. The molecule has 0 fully saturated rings. The quantitative estimate of drug-likeness (QED) is 0.631. The SMILES string of the molecule is Cn1nnc(C(=O)NCc2ccc(I)cc2)c1Cc1ccccc1. The van der Waals surface area contributed by atoms with Gasteiger partial charge in [-0.2, -0.15) is 0 Å². The monoisotopic (exact) mass is 432 g/mol. The molecule has 0 unspecified atom stereocenters. The van der Waals surface area contributed by atoms with Crippen LogP contribution in [0.5, 0.6) is 0 Å². The molecule has 24 heavy (non-hydrogen) atoms. The largest absolute Gasteiger partial charge is 0.347 e. The number of aryl methyl sites for hydroxylation is 1. The first-order valence-corrected chi connectivity index (χ1v) is 8.66. The number of amides is 1. The molecule has 0 atom stereocenters. The number of hydrogen-bond donors (Lipinski definition) is 1. The number of carbonyl (C=O) groups is 1. The predicted octanol–water partition coefficient (Wildman–Crippen LogP) is 2.94. The number of nitrogens with zero attached hydrogens (tertiary/aromatic N) is 3. The lowest BCUT2D eigenvalue weighted by molar-refractivity contribution is 0.0945. The van der Waals surface area contributed by atoms with E-state index in [9.17, 15) is 4.79 Å². The first-order valence-electron chi connectivity index (χ1n) is 7.58. The van der Waals surface area contributed by atoms with Crippen molar-refractivity contribution < 1.29 is 4.79 Å². The topological polar surface area (TPSA) is 59.8 Å². The highest BCUT2D eigenvalue weighted by Gasteiger charge is 2.18. The lowest BCUT2D eigenvalue weighted by Gasteiger charge is -2.07. The first-order chi connectivity index (χ1) is 11.6. The minimum Gasteiger partial charge on any atom is -0.347 e. The number of rotatable bonds is 5. The average Bonchev–Trinajstić information content (AvgIpc) is 2.96. The van der Waals surface area contributed by atoms with E-state index in [1.807, 2.05) is 54.6 Å². The highest BCUT2D eigenvalue weighted by molar-refractivity contribution is 14.1. The average molecular weight is 432 g/mol. The Morgan fingerprint density at radius 2 is 1.79 bits per heavy atom. The molecule has 0 saturated carbocycles. The van der Waals surface area contributed by atoms with Gasteiger partial charge in [0, 0.05) is 23.6 Å². The molecule has 0 aliphatic rings. The van der Waals surface area contributed by atoms with Gasteiger partial charge in [-0.3, -0.25) is 9.48 Å². The van der Waals surface area contributed by atoms with E-state index in [4.69, 9.17) is 0 Å². The van der Waals surface area contributed by atoms with Crippen LogP contribution in [0, 0.1) is 3.57 Å². The summed E-state index contributed by atoms with van der Waals surface area (Å²) >= 11 is 2.26. The van der Waals surface area contributed by atoms with Crippen LogP contribution in [0.4, 0.5) is 0 Å². The Morgan fingerprint density at radius 3 is 2.50 bits per heavy atom. The van der Waals surface area contributed by atoms with Crippen LogP contribution in [0.1, 0.15) is 27.3 Å². The fourth-order valence-corrected chi connectivity index (χ4v) is 2.77. The van der Waals surface area contributed by atoms with Gasteiger partial charge < -0.3 is 5.32 Å². The van der Waals surface area contributed by atoms with Crippen LogP contribution in [0.2, 0.25) is 0 Å². The molecule has 1 heterocycles. The molecule has 0 aliphatic carbocycles. The van der Waals surface area contributed by atoms with Crippen LogP contribution < -0.4 is 5.32 Å². The number of halogens is 1. The fourth-order valence-electron chi connectivity index (χ4n) is 2.41. The van der Waals surface area contributed by atoms with Crippen LogP contribution in [-0.4, -0.2) is 20.9 Å². The summed E-state index contributed by atoms with van der Waals surface area (Å²) in [7, 11) is 1.81. The summed E-state index contributed by atoms with van der Waals surface area (Å²) in [6, 6.07) is 18.0. The van der Waals surface area contributed by atoms with Crippen molar-refractivity contribution in [2.24, 2.45) is 7.05 Å². The number of nitrogens with one attached hydrogen (secondary N) is 1. The summed E-state index contributed by atoms with van der Waals surface area (Å²) < 4.78 is 2.83. The molecular formula is C18H17IN4O. The number of benzene rings is 2. The molecule has 0 aliphatic heterocycles. The fraction of sp³-hybridized carbons (Fsp3) is 0.167. The van der Waals surface area contributed by atoms with Crippen molar-refractivity contribution in [3.63, 3.8) is 0 Å². The van der Waals surface area contributed by atoms with Crippen molar-refractivity contribution in [1.82, 2.24) is 20.3 Å². The van der Waals surface area contributed by atoms with Gasteiger partial charge in [0.2, 0.25) is 0 Å². The summed E-state index contributed by atoms with van der Waals surface area (Å²) in [5.41, 5.74) is 3.36. The van der Waals surface area contributed by atoms with E-state index >= 15 is 0 Å². The summed E-state index contributed by atoms with van der Waals surface area (Å²) in [6.07, 6.45) is 0.622. The summed E-state index contributed by atoms with van der Waals surface area (Å²) in [4.78, 5) is 12.5. The molecule has 6 heteroatoms. The minimum absolute atomic E-state index is 0.201. The molecule has 0 radical (unpaired) electrons. The number of carbonyl (C=O) groups excluding carboxylic acids is 1. The van der Waals surface area contributed by atoms with Crippen LogP contribution in [0.15, 0.2) is 54.6 Å². The Balaban J connectivity index is 1.72. The molecular weight excluding hydrogens is 415 g/mol. The maximum atomic E-state index is 12.5. The molecule has 0 spiro atoms. The Hall–Kier alpha value is -2.22. The molecule has 1 amide bonds. The van der Waals surface area contributed by atoms with E-state index in [0.29, 0.717) is 18.7 Å². The third-order valence-electron chi connectivity index (χ3n) is 3.74. The normalized spacial score (nSPS) is 10.6. The van der Waals surface area contributed by atoms with E-state index in [1.165, 1.54) is 3.57 Å². The lowest BCUT2D eigenvalue weighted by Crippen LogP contribution is -2.24. The van der Waals surface area contributed by atoms with E-state index in [0.717, 1.165) is 16.8 Å². The van der Waals surface area contributed by atoms with Crippen molar-refractivity contribution in [1.29, 1.82) is 0 Å². The van der Waals surface area contributed by atoms with Crippen molar-refractivity contribution >= 4 is 28.5 Å². The molecule has 122 valence electrons. The summed E-state index contributed by atoms with van der Waals surface area (Å²) in [6.45, 7) is 0.469. The standard InChI is InChI=1S/C18H17IN4O/c1-23-16(11-13-5-3-2-4-6-13)17(21-22-23)18(24)20-12-14-7-9-15(19)10-8-14/h2-10H,11-12H2,1H3,(H,20,24). The third kappa shape index (κ3) is 4.00. The molecule has 1 aromatic heterocycles. The highest BCUT2D eigenvalue weighted by Crippen LogP contribution is 2.12. The van der Waals surface area contributed by atoms with E-state index in [1.54, 1.807) is 11.7 Å². The van der Waals surface area contributed by atoms with E-state index < -0.39 is 0 Å². The molecule has 2 aromatic carbocycles. The molecule has 0 bridgehead atoms. The zero-order valence-corrected chi connectivity index (χ0v) is 15.4. The zero-order valence-electron chi connectivity index (χ0n) is 13.2. The van der Waals surface area contributed by atoms with E-state index in [-0.39, 0.29) is 5.91 Å². The maximum Gasteiger partial charge on any atom is 0.274 e. The third-order valence-corrected chi connectivity index (χ3v) is 4.46. The van der Waals surface area contributed by atoms with Crippen LogP contribution in [0.3, 0.4) is 0 Å². The van der Waals surface area contributed by atoms with Gasteiger partial charge in [0.05, 0.1) is 5.69 Å². The number of aromatic nitrogens is 3. The van der Waals surface area contributed by atoms with Gasteiger partial charge in [-0.15, -0.1) is 5.10 Å². The van der Waals surface area contributed by atoms with Crippen molar-refractivity contribution in [3.05, 3.63) is 80.7 Å². The second-order valence-electron chi connectivity index (χ2n) is 5.48. The predicted molar refractivity (Wildman–Crippen MR) is 101 cm³/mol. The van der Waals surface area contributed by atoms with Crippen LogP contribution in [-0.2, 0) is 20.0 Å². The smallest absolute Gasteiger partial charge is 0.274 e. The second-order valence-corrected chi connectivity index (χ2v) is 6.73. The molecule has 5 nitrogen and oxygen atoms in total. The Kier molecular flexibility index (Phi) is 5.24. The van der Waals surface area contributed by atoms with Crippen LogP contribution >= 0.6 is 22.6 Å². The van der Waals surface area contributed by atoms with Gasteiger partial charge in [-0.05, 0) is 45.9 Å². The van der Waals surface area contributed by atoms with Gasteiger partial charge in [-0.25, -0.2) is 0 Å². The lowest BCUT2D eigenvalue weighted by atomic mass is 10.1. The van der Waals surface area contributed by atoms with E-state index in [2.05, 4.69) is 38.2 Å². The Bertz CT molecular complexity index is 828. The van der Waals surface area contributed by atoms with Gasteiger partial charge in [0.1, 0.15) is 0 Å². The first kappa shape index (κ1) is 16.6. The molecule has 0 saturated heterocycles. The van der Waals surface area contributed by atoms with Gasteiger partial charge in [0.25, 0.3) is 5.91 Å². The summed E-state index contributed by atoms with van der Waals surface area (Å²) in [5.74, 6) is -0.201. The van der Waals surface area contributed by atoms with Crippen molar-refractivity contribution in [2.45, 2.75) is 13.0 Å². The summed E-state index contributed by atoms with van der Waals surface area (Å²) in [5, 5.41) is 11.0. The highest BCUT2D eigenvalue weighted by atomic mass is 127. The Labute approximate surface area is 154 Å². The van der Waals surface area contributed by atoms with Crippen molar-refractivity contribution in [2.75, 3.05) is 0 Å². The van der Waals surface area contributed by atoms with Crippen LogP contribution in [0.25, 0.3) is 0 Å². The second kappa shape index (κ2) is 7.57. The van der Waals surface area contributed by atoms with Crippen molar-refractivity contribution in [3.8, 4) is 0 Å². The minimum atomic E-state index is -0.201. The van der Waals surface area contributed by atoms with Gasteiger partial charge in [0.15, 0.2) is 5.69 Å². The zero-order chi connectivity index (χ0) is 16.9.